The van der Waals surface area contributed by atoms with Crippen LogP contribution in [-0.4, -0.2) is 48.9 Å². The quantitative estimate of drug-likeness (QED) is 0.858. The van der Waals surface area contributed by atoms with E-state index in [0.29, 0.717) is 12.5 Å². The Morgan fingerprint density at radius 3 is 2.31 bits per heavy atom. The second kappa shape index (κ2) is 8.40. The lowest BCUT2D eigenvalue weighted by Gasteiger charge is -2.32. The van der Waals surface area contributed by atoms with Crippen molar-refractivity contribution in [2.75, 3.05) is 31.1 Å². The van der Waals surface area contributed by atoms with E-state index in [1.54, 1.807) is 0 Å². The van der Waals surface area contributed by atoms with Crippen LogP contribution >= 0.6 is 12.4 Å². The summed E-state index contributed by atoms with van der Waals surface area (Å²) in [5.41, 5.74) is 1.63. The highest BCUT2D eigenvalue weighted by molar-refractivity contribution is 5.97. The zero-order valence-corrected chi connectivity index (χ0v) is 16.0. The van der Waals surface area contributed by atoms with Crippen LogP contribution < -0.4 is 10.2 Å². The fourth-order valence-electron chi connectivity index (χ4n) is 3.83. The molecule has 1 aromatic rings. The van der Waals surface area contributed by atoms with Gasteiger partial charge in [0, 0.05) is 43.3 Å². The number of likely N-dealkylation sites (tertiary alicyclic amines) is 1. The lowest BCUT2D eigenvalue weighted by atomic mass is 10.0. The van der Waals surface area contributed by atoms with Crippen LogP contribution in [0.3, 0.4) is 0 Å². The van der Waals surface area contributed by atoms with E-state index in [-0.39, 0.29) is 24.2 Å². The Balaban J connectivity index is 0.00000196. The molecule has 3 aliphatic rings. The van der Waals surface area contributed by atoms with Gasteiger partial charge in [-0.1, -0.05) is 0 Å². The summed E-state index contributed by atoms with van der Waals surface area (Å²) in [6.45, 7) is 3.59. The van der Waals surface area contributed by atoms with E-state index in [9.17, 15) is 9.59 Å². The van der Waals surface area contributed by atoms with Gasteiger partial charge in [0.2, 0.25) is 5.91 Å². The molecule has 0 radical (unpaired) electrons. The normalized spacial score (nSPS) is 21.0. The maximum absolute atomic E-state index is 12.7. The zero-order valence-electron chi connectivity index (χ0n) is 15.2. The van der Waals surface area contributed by atoms with Crippen molar-refractivity contribution in [3.8, 4) is 0 Å². The summed E-state index contributed by atoms with van der Waals surface area (Å²) in [6.07, 6.45) is 6.39. The van der Waals surface area contributed by atoms with Crippen LogP contribution in [0.15, 0.2) is 24.3 Å². The number of benzene rings is 1. The number of hydrogen-bond acceptors (Lipinski definition) is 3. The smallest absolute Gasteiger partial charge is 0.253 e. The summed E-state index contributed by atoms with van der Waals surface area (Å²) < 4.78 is 0. The fourth-order valence-corrected chi connectivity index (χ4v) is 3.83. The highest BCUT2D eigenvalue weighted by Crippen LogP contribution is 2.28. The molecule has 0 atom stereocenters. The summed E-state index contributed by atoms with van der Waals surface area (Å²) in [5.74, 6) is 1.19. The number of nitrogens with one attached hydrogen (secondary N) is 1. The lowest BCUT2D eigenvalue weighted by Crippen LogP contribution is -2.45. The number of hydrogen-bond donors (Lipinski definition) is 1. The van der Waals surface area contributed by atoms with Crippen molar-refractivity contribution in [2.45, 2.75) is 44.6 Å². The third-order valence-corrected chi connectivity index (χ3v) is 5.67. The zero-order chi connectivity index (χ0) is 17.2. The summed E-state index contributed by atoms with van der Waals surface area (Å²) in [7, 11) is 0. The third-order valence-electron chi connectivity index (χ3n) is 5.67. The predicted molar refractivity (Wildman–Crippen MR) is 105 cm³/mol. The van der Waals surface area contributed by atoms with Crippen molar-refractivity contribution in [1.29, 1.82) is 0 Å². The molecule has 2 heterocycles. The van der Waals surface area contributed by atoms with Crippen LogP contribution in [0.25, 0.3) is 0 Å². The minimum Gasteiger partial charge on any atom is -0.339 e. The Hall–Kier alpha value is -1.59. The Kier molecular flexibility index (Phi) is 6.20. The Morgan fingerprint density at radius 1 is 1.04 bits per heavy atom. The standard InChI is InChI=1S/C20H27N3O2.ClH/c24-19-2-1-11-23(19)18-7-5-16(6-8-18)20(25)22-12-9-17(10-13-22)21-14-15-3-4-15;/h5-8,15,17,21H,1-4,9-14H2;1H. The first-order valence-electron chi connectivity index (χ1n) is 9.64. The third kappa shape index (κ3) is 4.38. The molecule has 0 unspecified atom stereocenters. The number of halogens is 1. The molecule has 3 fully saturated rings. The lowest BCUT2D eigenvalue weighted by molar-refractivity contribution is -0.117. The van der Waals surface area contributed by atoms with Crippen LogP contribution in [0.1, 0.15) is 48.9 Å². The van der Waals surface area contributed by atoms with Crippen molar-refractivity contribution in [3.63, 3.8) is 0 Å². The molecule has 1 saturated carbocycles. The Morgan fingerprint density at radius 2 is 1.73 bits per heavy atom. The maximum Gasteiger partial charge on any atom is 0.253 e. The van der Waals surface area contributed by atoms with Crippen molar-refractivity contribution >= 4 is 29.9 Å². The maximum atomic E-state index is 12.7. The van der Waals surface area contributed by atoms with Gasteiger partial charge in [0.25, 0.3) is 5.91 Å². The second-order valence-corrected chi connectivity index (χ2v) is 7.61. The minimum absolute atomic E-state index is 0. The molecule has 142 valence electrons. The van der Waals surface area contributed by atoms with Gasteiger partial charge >= 0.3 is 0 Å². The number of carbonyl (C=O) groups is 2. The van der Waals surface area contributed by atoms with Crippen molar-refractivity contribution in [2.24, 2.45) is 5.92 Å². The van der Waals surface area contributed by atoms with Gasteiger partial charge in [-0.05, 0) is 68.8 Å². The van der Waals surface area contributed by atoms with Gasteiger partial charge in [0.1, 0.15) is 0 Å². The van der Waals surface area contributed by atoms with Crippen LogP contribution in [0.5, 0.6) is 0 Å². The number of piperidine rings is 1. The van der Waals surface area contributed by atoms with Crippen LogP contribution in [0.4, 0.5) is 5.69 Å². The van der Waals surface area contributed by atoms with Gasteiger partial charge < -0.3 is 15.1 Å². The molecule has 6 heteroatoms. The second-order valence-electron chi connectivity index (χ2n) is 7.61. The molecule has 2 amide bonds. The summed E-state index contributed by atoms with van der Waals surface area (Å²) in [5, 5.41) is 3.65. The highest BCUT2D eigenvalue weighted by Gasteiger charge is 2.27. The minimum atomic E-state index is 0. The van der Waals surface area contributed by atoms with Crippen LogP contribution in [0, 0.1) is 5.92 Å². The largest absolute Gasteiger partial charge is 0.339 e. The fraction of sp³-hybridized carbons (Fsp3) is 0.600. The van der Waals surface area contributed by atoms with E-state index in [4.69, 9.17) is 0 Å². The molecule has 2 aliphatic heterocycles. The molecule has 1 N–H and O–H groups in total. The topological polar surface area (TPSA) is 52.7 Å². The van der Waals surface area contributed by atoms with E-state index in [1.165, 1.54) is 12.8 Å². The van der Waals surface area contributed by atoms with Gasteiger partial charge in [-0.25, -0.2) is 0 Å². The molecule has 0 spiro atoms. The van der Waals surface area contributed by atoms with Gasteiger partial charge in [-0.2, -0.15) is 0 Å². The van der Waals surface area contributed by atoms with Crippen molar-refractivity contribution in [3.05, 3.63) is 29.8 Å². The molecular formula is C20H28ClN3O2. The average molecular weight is 378 g/mol. The van der Waals surface area contributed by atoms with Gasteiger partial charge in [0.15, 0.2) is 0 Å². The number of nitrogens with zero attached hydrogens (tertiary/aromatic N) is 2. The molecule has 1 aromatic carbocycles. The van der Waals surface area contributed by atoms with E-state index >= 15 is 0 Å². The first-order chi connectivity index (χ1) is 12.2. The van der Waals surface area contributed by atoms with E-state index in [0.717, 1.165) is 62.6 Å². The first-order valence-corrected chi connectivity index (χ1v) is 9.64. The predicted octanol–water partition coefficient (Wildman–Crippen LogP) is 2.84. The van der Waals surface area contributed by atoms with Gasteiger partial charge in [-0.3, -0.25) is 9.59 Å². The van der Waals surface area contributed by atoms with E-state index in [2.05, 4.69) is 5.32 Å². The molecule has 4 rings (SSSR count). The molecular weight excluding hydrogens is 350 g/mol. The van der Waals surface area contributed by atoms with Crippen LogP contribution in [0.2, 0.25) is 0 Å². The molecule has 5 nitrogen and oxygen atoms in total. The summed E-state index contributed by atoms with van der Waals surface area (Å²) in [4.78, 5) is 28.3. The van der Waals surface area contributed by atoms with Crippen molar-refractivity contribution < 1.29 is 9.59 Å². The molecule has 2 saturated heterocycles. The number of rotatable bonds is 5. The van der Waals surface area contributed by atoms with Crippen molar-refractivity contribution in [1.82, 2.24) is 10.2 Å². The summed E-state index contributed by atoms with van der Waals surface area (Å²) in [6, 6.07) is 8.09. The monoisotopic (exact) mass is 377 g/mol. The molecule has 26 heavy (non-hydrogen) atoms. The number of carbonyl (C=O) groups excluding carboxylic acids is 2. The highest BCUT2D eigenvalue weighted by atomic mass is 35.5. The van der Waals surface area contributed by atoms with Gasteiger partial charge in [0.05, 0.1) is 0 Å². The SMILES string of the molecule is Cl.O=C(c1ccc(N2CCCC2=O)cc1)N1CCC(NCC2CC2)CC1. The van der Waals surface area contributed by atoms with E-state index < -0.39 is 0 Å². The Bertz CT molecular complexity index is 637. The van der Waals surface area contributed by atoms with E-state index in [1.807, 2.05) is 34.1 Å². The number of anilines is 1. The number of amides is 2. The molecule has 1 aliphatic carbocycles. The molecule has 0 bridgehead atoms. The Labute approximate surface area is 161 Å². The van der Waals surface area contributed by atoms with Crippen LogP contribution in [-0.2, 0) is 4.79 Å². The average Bonchev–Trinajstić information content (AvgIpc) is 3.39. The first kappa shape index (κ1) is 19.2. The summed E-state index contributed by atoms with van der Waals surface area (Å²) >= 11 is 0. The molecule has 0 aromatic heterocycles. The van der Waals surface area contributed by atoms with Gasteiger partial charge in [-0.15, -0.1) is 12.4 Å².